The van der Waals surface area contributed by atoms with Crippen molar-refractivity contribution in [3.63, 3.8) is 0 Å². The molecule has 3 aromatic rings. The fourth-order valence-electron chi connectivity index (χ4n) is 3.49. The van der Waals surface area contributed by atoms with Gasteiger partial charge in [0.25, 0.3) is 5.91 Å². The molecule has 1 saturated heterocycles. The number of aryl methyl sites for hydroxylation is 1. The Bertz CT molecular complexity index is 886. The van der Waals surface area contributed by atoms with Crippen molar-refractivity contribution in [3.05, 3.63) is 65.6 Å². The van der Waals surface area contributed by atoms with Crippen LogP contribution in [-0.2, 0) is 0 Å². The minimum absolute atomic E-state index is 0.117. The standard InChI is InChI=1S/C19H20N4O/c1-14-7-2-3-9-16(14)19(24)22-11-6-8-15(13-22)18-21-20-17-10-4-5-12-23(17)18/h2-5,7,9-10,12,15H,6,8,11,13H2,1H3/t15-/m1/s1. The highest BCUT2D eigenvalue weighted by Crippen LogP contribution is 2.27. The van der Waals surface area contributed by atoms with Gasteiger partial charge in [0, 0.05) is 30.8 Å². The summed E-state index contributed by atoms with van der Waals surface area (Å²) in [4.78, 5) is 14.8. The Morgan fingerprint density at radius 2 is 1.96 bits per heavy atom. The molecular formula is C19H20N4O. The summed E-state index contributed by atoms with van der Waals surface area (Å²) in [5.41, 5.74) is 2.68. The molecule has 2 aromatic heterocycles. The number of amides is 1. The molecule has 0 bridgehead atoms. The predicted molar refractivity (Wildman–Crippen MR) is 92.0 cm³/mol. The lowest BCUT2D eigenvalue weighted by molar-refractivity contribution is 0.0703. The minimum atomic E-state index is 0.117. The number of rotatable bonds is 2. The smallest absolute Gasteiger partial charge is 0.254 e. The van der Waals surface area contributed by atoms with Crippen LogP contribution in [0.2, 0.25) is 0 Å². The molecule has 122 valence electrons. The summed E-state index contributed by atoms with van der Waals surface area (Å²) in [5.74, 6) is 1.30. The number of carbonyl (C=O) groups is 1. The first-order valence-corrected chi connectivity index (χ1v) is 8.38. The van der Waals surface area contributed by atoms with E-state index in [9.17, 15) is 4.79 Å². The van der Waals surface area contributed by atoms with Gasteiger partial charge in [0.15, 0.2) is 5.65 Å². The minimum Gasteiger partial charge on any atom is -0.338 e. The lowest BCUT2D eigenvalue weighted by Gasteiger charge is -2.32. The van der Waals surface area contributed by atoms with E-state index in [1.807, 2.05) is 64.9 Å². The predicted octanol–water partition coefficient (Wildman–Crippen LogP) is 3.06. The summed E-state index contributed by atoms with van der Waals surface area (Å²) in [5, 5.41) is 8.62. The number of benzene rings is 1. The molecule has 1 atom stereocenters. The fourth-order valence-corrected chi connectivity index (χ4v) is 3.49. The number of pyridine rings is 1. The largest absolute Gasteiger partial charge is 0.338 e. The van der Waals surface area contributed by atoms with E-state index in [-0.39, 0.29) is 11.8 Å². The van der Waals surface area contributed by atoms with Gasteiger partial charge >= 0.3 is 0 Å². The van der Waals surface area contributed by atoms with Crippen LogP contribution < -0.4 is 0 Å². The number of aromatic nitrogens is 3. The van der Waals surface area contributed by atoms with Crippen molar-refractivity contribution < 1.29 is 4.79 Å². The first-order valence-electron chi connectivity index (χ1n) is 8.38. The summed E-state index contributed by atoms with van der Waals surface area (Å²) >= 11 is 0. The molecule has 5 heteroatoms. The third kappa shape index (κ3) is 2.56. The normalized spacial score (nSPS) is 18.0. The van der Waals surface area contributed by atoms with Gasteiger partial charge in [-0.2, -0.15) is 0 Å². The van der Waals surface area contributed by atoms with Crippen LogP contribution in [0.25, 0.3) is 5.65 Å². The van der Waals surface area contributed by atoms with Crippen molar-refractivity contribution in [2.24, 2.45) is 0 Å². The second kappa shape index (κ2) is 6.07. The molecule has 24 heavy (non-hydrogen) atoms. The van der Waals surface area contributed by atoms with Gasteiger partial charge in [-0.05, 0) is 43.5 Å². The maximum Gasteiger partial charge on any atom is 0.254 e. The van der Waals surface area contributed by atoms with Crippen LogP contribution >= 0.6 is 0 Å². The average Bonchev–Trinajstić information content (AvgIpc) is 3.06. The lowest BCUT2D eigenvalue weighted by atomic mass is 9.96. The van der Waals surface area contributed by atoms with Crippen LogP contribution in [0.15, 0.2) is 48.7 Å². The van der Waals surface area contributed by atoms with Gasteiger partial charge in [-0.1, -0.05) is 24.3 Å². The Balaban J connectivity index is 1.60. The summed E-state index contributed by atoms with van der Waals surface area (Å²) in [6, 6.07) is 13.7. The number of hydrogen-bond acceptors (Lipinski definition) is 3. The summed E-state index contributed by atoms with van der Waals surface area (Å²) in [7, 11) is 0. The molecule has 0 saturated carbocycles. The second-order valence-corrected chi connectivity index (χ2v) is 6.39. The fraction of sp³-hybridized carbons (Fsp3) is 0.316. The molecule has 5 nitrogen and oxygen atoms in total. The Labute approximate surface area is 140 Å². The zero-order valence-electron chi connectivity index (χ0n) is 13.7. The molecule has 0 aliphatic carbocycles. The number of carbonyl (C=O) groups excluding carboxylic acids is 1. The molecule has 3 heterocycles. The van der Waals surface area contributed by atoms with Crippen LogP contribution in [0.3, 0.4) is 0 Å². The van der Waals surface area contributed by atoms with E-state index in [2.05, 4.69) is 10.2 Å². The number of likely N-dealkylation sites (tertiary alicyclic amines) is 1. The third-order valence-corrected chi connectivity index (χ3v) is 4.79. The second-order valence-electron chi connectivity index (χ2n) is 6.39. The van der Waals surface area contributed by atoms with Gasteiger partial charge in [-0.25, -0.2) is 0 Å². The summed E-state index contributed by atoms with van der Waals surface area (Å²) in [6.45, 7) is 3.49. The quantitative estimate of drug-likeness (QED) is 0.729. The highest BCUT2D eigenvalue weighted by molar-refractivity contribution is 5.95. The molecule has 1 fully saturated rings. The number of hydrogen-bond donors (Lipinski definition) is 0. The average molecular weight is 320 g/mol. The highest BCUT2D eigenvalue weighted by atomic mass is 16.2. The van der Waals surface area contributed by atoms with Crippen LogP contribution in [0.5, 0.6) is 0 Å². The molecule has 4 rings (SSSR count). The summed E-state index contributed by atoms with van der Waals surface area (Å²) < 4.78 is 2.03. The van der Waals surface area contributed by atoms with Gasteiger partial charge in [0.05, 0.1) is 0 Å². The van der Waals surface area contributed by atoms with Crippen molar-refractivity contribution in [2.45, 2.75) is 25.7 Å². The Kier molecular flexibility index (Phi) is 3.76. The Morgan fingerprint density at radius 1 is 1.12 bits per heavy atom. The molecule has 1 aliphatic heterocycles. The lowest BCUT2D eigenvalue weighted by Crippen LogP contribution is -2.39. The molecule has 0 spiro atoms. The molecule has 0 unspecified atom stereocenters. The van der Waals surface area contributed by atoms with E-state index in [4.69, 9.17) is 0 Å². The van der Waals surface area contributed by atoms with Gasteiger partial charge in [-0.15, -0.1) is 10.2 Å². The number of piperidine rings is 1. The number of nitrogens with zero attached hydrogens (tertiary/aromatic N) is 4. The molecule has 1 aliphatic rings. The van der Waals surface area contributed by atoms with Gasteiger partial charge in [-0.3, -0.25) is 9.20 Å². The van der Waals surface area contributed by atoms with Crippen LogP contribution in [0.4, 0.5) is 0 Å². The zero-order valence-corrected chi connectivity index (χ0v) is 13.7. The third-order valence-electron chi connectivity index (χ3n) is 4.79. The molecule has 0 N–H and O–H groups in total. The Morgan fingerprint density at radius 3 is 2.83 bits per heavy atom. The van der Waals surface area contributed by atoms with Crippen LogP contribution in [0, 0.1) is 6.92 Å². The van der Waals surface area contributed by atoms with Gasteiger partial charge in [0.1, 0.15) is 5.82 Å². The van der Waals surface area contributed by atoms with Crippen LogP contribution in [-0.4, -0.2) is 38.5 Å². The zero-order chi connectivity index (χ0) is 16.5. The van der Waals surface area contributed by atoms with Gasteiger partial charge < -0.3 is 4.90 Å². The SMILES string of the molecule is Cc1ccccc1C(=O)N1CCC[C@@H](c2nnc3ccccn23)C1. The van der Waals surface area contributed by atoms with Crippen molar-refractivity contribution in [1.82, 2.24) is 19.5 Å². The van der Waals surface area contributed by atoms with E-state index < -0.39 is 0 Å². The van der Waals surface area contributed by atoms with Crippen molar-refractivity contribution in [2.75, 3.05) is 13.1 Å². The molecule has 1 amide bonds. The van der Waals surface area contributed by atoms with Crippen molar-refractivity contribution >= 4 is 11.6 Å². The number of fused-ring (bicyclic) bond motifs is 1. The van der Waals surface area contributed by atoms with E-state index in [0.717, 1.165) is 42.0 Å². The van der Waals surface area contributed by atoms with E-state index >= 15 is 0 Å². The molecular weight excluding hydrogens is 300 g/mol. The first kappa shape index (κ1) is 14.9. The van der Waals surface area contributed by atoms with Gasteiger partial charge in [0.2, 0.25) is 0 Å². The summed E-state index contributed by atoms with van der Waals surface area (Å²) in [6.07, 6.45) is 4.02. The molecule has 0 radical (unpaired) electrons. The van der Waals surface area contributed by atoms with E-state index in [1.54, 1.807) is 0 Å². The van der Waals surface area contributed by atoms with Crippen LogP contribution in [0.1, 0.15) is 40.5 Å². The first-order chi connectivity index (χ1) is 11.7. The maximum absolute atomic E-state index is 12.9. The van der Waals surface area contributed by atoms with E-state index in [1.165, 1.54) is 0 Å². The van der Waals surface area contributed by atoms with E-state index in [0.29, 0.717) is 6.54 Å². The molecule has 1 aromatic carbocycles. The monoisotopic (exact) mass is 320 g/mol. The highest BCUT2D eigenvalue weighted by Gasteiger charge is 2.28. The Hall–Kier alpha value is -2.69. The topological polar surface area (TPSA) is 50.5 Å². The maximum atomic E-state index is 12.9. The van der Waals surface area contributed by atoms with Crippen molar-refractivity contribution in [3.8, 4) is 0 Å². The van der Waals surface area contributed by atoms with Crippen molar-refractivity contribution in [1.29, 1.82) is 0 Å².